The Kier molecular flexibility index (Phi) is 4.31. The number of imidazole rings is 1. The highest BCUT2D eigenvalue weighted by atomic mass is 16.5. The molecule has 0 atom stereocenters. The number of ether oxygens (including phenoxy) is 1. The molecule has 5 rings (SSSR count). The van der Waals surface area contributed by atoms with E-state index in [1.54, 1.807) is 0 Å². The molecule has 0 unspecified atom stereocenters. The number of anilines is 1. The monoisotopic (exact) mass is 368 g/mol. The molecule has 0 spiro atoms. The van der Waals surface area contributed by atoms with Crippen molar-refractivity contribution in [3.8, 4) is 0 Å². The van der Waals surface area contributed by atoms with Gasteiger partial charge in [0.2, 0.25) is 0 Å². The Bertz CT molecular complexity index is 845. The van der Waals surface area contributed by atoms with Gasteiger partial charge in [0, 0.05) is 37.9 Å². The van der Waals surface area contributed by atoms with Gasteiger partial charge in [0.25, 0.3) is 0 Å². The number of carbonyl (C=O) groups is 1. The topological polar surface area (TPSA) is 61.5 Å². The first kappa shape index (κ1) is 17.0. The lowest BCUT2D eigenvalue weighted by molar-refractivity contribution is -0.142. The Morgan fingerprint density at radius 2 is 1.96 bits per heavy atom. The van der Waals surface area contributed by atoms with Gasteiger partial charge in [-0.1, -0.05) is 0 Å². The maximum Gasteiger partial charge on any atom is 0.313 e. The number of hydrogen-bond donors (Lipinski definition) is 1. The van der Waals surface area contributed by atoms with Crippen LogP contribution in [0.15, 0.2) is 12.1 Å². The quantitative estimate of drug-likeness (QED) is 0.795. The molecule has 6 nitrogen and oxygen atoms in total. The zero-order valence-corrected chi connectivity index (χ0v) is 16.0. The Balaban J connectivity index is 1.40. The van der Waals surface area contributed by atoms with Crippen LogP contribution < -0.4 is 4.90 Å². The van der Waals surface area contributed by atoms with E-state index < -0.39 is 0 Å². The number of nitrogens with one attached hydrogen (secondary N) is 1. The Labute approximate surface area is 159 Å². The zero-order valence-electron chi connectivity index (χ0n) is 16.0. The van der Waals surface area contributed by atoms with Crippen LogP contribution in [0.2, 0.25) is 0 Å². The minimum absolute atomic E-state index is 0.205. The number of carbonyl (C=O) groups excluding carboxylic acids is 1. The summed E-state index contributed by atoms with van der Waals surface area (Å²) < 4.78 is 5.06. The predicted octanol–water partition coefficient (Wildman–Crippen LogP) is 2.83. The molecule has 1 aromatic carbocycles. The van der Waals surface area contributed by atoms with Gasteiger partial charge in [0.1, 0.15) is 12.2 Å². The van der Waals surface area contributed by atoms with Crippen LogP contribution in [0.4, 0.5) is 5.69 Å². The fourth-order valence-electron chi connectivity index (χ4n) is 4.31. The van der Waals surface area contributed by atoms with Crippen LogP contribution in [-0.2, 0) is 16.0 Å². The van der Waals surface area contributed by atoms with E-state index >= 15 is 0 Å². The molecule has 0 amide bonds. The average molecular weight is 368 g/mol. The second-order valence-corrected chi connectivity index (χ2v) is 8.12. The molecular weight excluding hydrogens is 340 g/mol. The maximum atomic E-state index is 11.8. The maximum absolute atomic E-state index is 11.8. The molecule has 144 valence electrons. The molecular formula is C21H28N4O2. The number of piperazine rings is 1. The normalized spacial score (nSPS) is 21.0. The van der Waals surface area contributed by atoms with Crippen LogP contribution in [0.25, 0.3) is 11.0 Å². The molecule has 1 saturated heterocycles. The zero-order chi connectivity index (χ0) is 18.4. The Morgan fingerprint density at radius 3 is 2.63 bits per heavy atom. The number of rotatable bonds is 6. The minimum atomic E-state index is -0.226. The van der Waals surface area contributed by atoms with E-state index in [9.17, 15) is 4.79 Å². The molecule has 3 fully saturated rings. The highest BCUT2D eigenvalue weighted by Crippen LogP contribution is 2.46. The molecule has 27 heavy (non-hydrogen) atoms. The van der Waals surface area contributed by atoms with Gasteiger partial charge in [-0.3, -0.25) is 9.69 Å². The largest absolute Gasteiger partial charge is 0.466 e. The van der Waals surface area contributed by atoms with Crippen molar-refractivity contribution in [1.82, 2.24) is 14.9 Å². The van der Waals surface area contributed by atoms with Crippen molar-refractivity contribution in [3.05, 3.63) is 23.5 Å². The van der Waals surface area contributed by atoms with Crippen LogP contribution in [-0.4, -0.2) is 59.7 Å². The van der Waals surface area contributed by atoms with Crippen molar-refractivity contribution < 1.29 is 9.53 Å². The van der Waals surface area contributed by atoms with Crippen molar-refractivity contribution in [2.24, 2.45) is 0 Å². The summed E-state index contributed by atoms with van der Waals surface area (Å²) in [6.07, 6.45) is 5.53. The Morgan fingerprint density at radius 1 is 1.19 bits per heavy atom. The van der Waals surface area contributed by atoms with Crippen LogP contribution in [0.1, 0.15) is 49.9 Å². The van der Waals surface area contributed by atoms with Crippen molar-refractivity contribution >= 4 is 22.7 Å². The van der Waals surface area contributed by atoms with E-state index in [-0.39, 0.29) is 12.4 Å². The highest BCUT2D eigenvalue weighted by molar-refractivity contribution is 5.83. The number of aromatic nitrogens is 2. The Hall–Kier alpha value is -2.08. The number of benzene rings is 1. The first-order chi connectivity index (χ1) is 13.2. The van der Waals surface area contributed by atoms with E-state index in [2.05, 4.69) is 31.9 Å². The van der Waals surface area contributed by atoms with Gasteiger partial charge in [-0.15, -0.1) is 0 Å². The number of H-pyrrole nitrogens is 1. The molecule has 1 aliphatic heterocycles. The molecule has 6 heteroatoms. The number of aromatic amines is 1. The summed E-state index contributed by atoms with van der Waals surface area (Å²) in [6.45, 7) is 6.78. The SMILES string of the molecule is CCOC(=O)Cc1nc2cc(C3CC3)c(N3CCN(C4CC4)CC3)cc2[nH]1. The summed E-state index contributed by atoms with van der Waals surface area (Å²) in [5.41, 5.74) is 4.80. The second kappa shape index (κ2) is 6.82. The fourth-order valence-corrected chi connectivity index (χ4v) is 4.31. The van der Waals surface area contributed by atoms with Gasteiger partial charge < -0.3 is 14.6 Å². The fraction of sp³-hybridized carbons (Fsp3) is 0.619. The first-order valence-corrected chi connectivity index (χ1v) is 10.4. The summed E-state index contributed by atoms with van der Waals surface area (Å²) in [5.74, 6) is 1.15. The molecule has 3 aliphatic rings. The molecule has 0 radical (unpaired) electrons. The van der Waals surface area contributed by atoms with E-state index in [4.69, 9.17) is 4.74 Å². The molecule has 2 saturated carbocycles. The van der Waals surface area contributed by atoms with Gasteiger partial charge in [-0.05, 0) is 56.2 Å². The van der Waals surface area contributed by atoms with E-state index in [0.717, 1.165) is 30.2 Å². The van der Waals surface area contributed by atoms with Gasteiger partial charge in [0.05, 0.1) is 17.6 Å². The van der Waals surface area contributed by atoms with Crippen LogP contribution in [0, 0.1) is 0 Å². The summed E-state index contributed by atoms with van der Waals surface area (Å²) >= 11 is 0. The van der Waals surface area contributed by atoms with Crippen molar-refractivity contribution in [2.45, 2.75) is 51.0 Å². The number of fused-ring (bicyclic) bond motifs is 1. The predicted molar refractivity (Wildman–Crippen MR) is 105 cm³/mol. The number of hydrogen-bond acceptors (Lipinski definition) is 5. The second-order valence-electron chi connectivity index (χ2n) is 8.12. The highest BCUT2D eigenvalue weighted by Gasteiger charge is 2.33. The third-order valence-electron chi connectivity index (χ3n) is 6.03. The van der Waals surface area contributed by atoms with Gasteiger partial charge >= 0.3 is 5.97 Å². The van der Waals surface area contributed by atoms with Crippen LogP contribution >= 0.6 is 0 Å². The average Bonchev–Trinajstić information content (AvgIpc) is 3.57. The molecule has 2 aliphatic carbocycles. The molecule has 0 bridgehead atoms. The van der Waals surface area contributed by atoms with Crippen LogP contribution in [0.5, 0.6) is 0 Å². The van der Waals surface area contributed by atoms with Crippen molar-refractivity contribution in [1.29, 1.82) is 0 Å². The van der Waals surface area contributed by atoms with E-state index in [1.807, 2.05) is 6.92 Å². The lowest BCUT2D eigenvalue weighted by atomic mass is 10.1. The third kappa shape index (κ3) is 3.55. The smallest absolute Gasteiger partial charge is 0.313 e. The lowest BCUT2D eigenvalue weighted by Gasteiger charge is -2.37. The van der Waals surface area contributed by atoms with Crippen LogP contribution in [0.3, 0.4) is 0 Å². The standard InChI is InChI=1S/C21H28N4O2/c1-2-27-21(26)13-20-22-17-11-16(14-3-4-14)19(12-18(17)23-20)25-9-7-24(8-10-25)15-5-6-15/h11-12,14-15H,2-10,13H2,1H3,(H,22,23). The summed E-state index contributed by atoms with van der Waals surface area (Å²) in [5, 5.41) is 0. The molecule has 1 aromatic heterocycles. The number of nitrogens with zero attached hydrogens (tertiary/aromatic N) is 3. The molecule has 2 heterocycles. The third-order valence-corrected chi connectivity index (χ3v) is 6.03. The summed E-state index contributed by atoms with van der Waals surface area (Å²) in [4.78, 5) is 25.0. The van der Waals surface area contributed by atoms with E-state index in [0.29, 0.717) is 18.3 Å². The van der Waals surface area contributed by atoms with E-state index in [1.165, 1.54) is 50.0 Å². The van der Waals surface area contributed by atoms with Crippen molar-refractivity contribution in [2.75, 3.05) is 37.7 Å². The molecule has 2 aromatic rings. The van der Waals surface area contributed by atoms with Gasteiger partial charge in [-0.25, -0.2) is 4.98 Å². The first-order valence-electron chi connectivity index (χ1n) is 10.4. The summed E-state index contributed by atoms with van der Waals surface area (Å²) in [7, 11) is 0. The summed E-state index contributed by atoms with van der Waals surface area (Å²) in [6, 6.07) is 5.37. The van der Waals surface area contributed by atoms with Crippen molar-refractivity contribution in [3.63, 3.8) is 0 Å². The molecule has 1 N–H and O–H groups in total. The van der Waals surface area contributed by atoms with Gasteiger partial charge in [0.15, 0.2) is 0 Å². The number of esters is 1. The van der Waals surface area contributed by atoms with Gasteiger partial charge in [-0.2, -0.15) is 0 Å². The lowest BCUT2D eigenvalue weighted by Crippen LogP contribution is -2.47. The minimum Gasteiger partial charge on any atom is -0.466 e.